The molecule has 0 amide bonds. The van der Waals surface area contributed by atoms with Crippen LogP contribution in [0, 0.1) is 17.1 Å². The molecule has 0 saturated carbocycles. The van der Waals surface area contributed by atoms with E-state index >= 15 is 0 Å². The molecule has 0 aliphatic heterocycles. The van der Waals surface area contributed by atoms with Crippen LogP contribution >= 0.6 is 0 Å². The number of carbonyl (C=O) groups excluding carboxylic acids is 1. The maximum atomic E-state index is 12.6. The van der Waals surface area contributed by atoms with Gasteiger partial charge in [0, 0.05) is 0 Å². The quantitative estimate of drug-likeness (QED) is 0.734. The summed E-state index contributed by atoms with van der Waals surface area (Å²) >= 11 is 0. The molecule has 0 bridgehead atoms. The molecule has 0 aliphatic carbocycles. The van der Waals surface area contributed by atoms with Gasteiger partial charge < -0.3 is 4.74 Å². The van der Waals surface area contributed by atoms with Crippen LogP contribution in [0.5, 0.6) is 0 Å². The van der Waals surface area contributed by atoms with Crippen LogP contribution in [-0.2, 0) is 4.74 Å². The zero-order valence-corrected chi connectivity index (χ0v) is 8.94. The maximum Gasteiger partial charge on any atom is 0.338 e. The standard InChI is InChI=1S/C12H12FNO2/c1-2-11(7-8-14)16-12(15)9-3-5-10(13)6-4-9/h3-6,11H,2,7H2,1H3. The highest BCUT2D eigenvalue weighted by atomic mass is 19.1. The number of benzene rings is 1. The summed E-state index contributed by atoms with van der Waals surface area (Å²) in [5.41, 5.74) is 0.290. The summed E-state index contributed by atoms with van der Waals surface area (Å²) < 4.78 is 17.7. The molecule has 1 aromatic carbocycles. The lowest BCUT2D eigenvalue weighted by Crippen LogP contribution is -2.17. The first-order chi connectivity index (χ1) is 7.67. The van der Waals surface area contributed by atoms with Crippen molar-refractivity contribution in [2.24, 2.45) is 0 Å². The molecule has 0 fully saturated rings. The van der Waals surface area contributed by atoms with E-state index in [2.05, 4.69) is 0 Å². The molecule has 0 aromatic heterocycles. The number of nitrogens with zero attached hydrogens (tertiary/aromatic N) is 1. The summed E-state index contributed by atoms with van der Waals surface area (Å²) in [5, 5.41) is 8.50. The lowest BCUT2D eigenvalue weighted by atomic mass is 10.2. The highest BCUT2D eigenvalue weighted by Crippen LogP contribution is 2.09. The van der Waals surface area contributed by atoms with Gasteiger partial charge in [0.25, 0.3) is 0 Å². The van der Waals surface area contributed by atoms with Crippen molar-refractivity contribution in [3.8, 4) is 6.07 Å². The molecule has 1 rings (SSSR count). The van der Waals surface area contributed by atoms with E-state index in [4.69, 9.17) is 10.00 Å². The lowest BCUT2D eigenvalue weighted by molar-refractivity contribution is 0.0303. The van der Waals surface area contributed by atoms with Gasteiger partial charge in [-0.05, 0) is 30.7 Å². The van der Waals surface area contributed by atoms with Gasteiger partial charge in [-0.3, -0.25) is 0 Å². The predicted molar refractivity (Wildman–Crippen MR) is 56.1 cm³/mol. The Morgan fingerprint density at radius 1 is 1.50 bits per heavy atom. The van der Waals surface area contributed by atoms with Crippen molar-refractivity contribution < 1.29 is 13.9 Å². The Balaban J connectivity index is 2.65. The molecule has 0 radical (unpaired) electrons. The number of ether oxygens (including phenoxy) is 1. The number of esters is 1. The van der Waals surface area contributed by atoms with E-state index in [9.17, 15) is 9.18 Å². The highest BCUT2D eigenvalue weighted by molar-refractivity contribution is 5.89. The molecule has 1 atom stereocenters. The van der Waals surface area contributed by atoms with Crippen molar-refractivity contribution in [3.05, 3.63) is 35.6 Å². The maximum absolute atomic E-state index is 12.6. The van der Waals surface area contributed by atoms with Crippen molar-refractivity contribution in [2.75, 3.05) is 0 Å². The monoisotopic (exact) mass is 221 g/mol. The Kier molecular flexibility index (Phi) is 4.46. The van der Waals surface area contributed by atoms with Crippen molar-refractivity contribution in [2.45, 2.75) is 25.9 Å². The Bertz CT molecular complexity index is 394. The van der Waals surface area contributed by atoms with Gasteiger partial charge in [-0.15, -0.1) is 0 Å². The summed E-state index contributed by atoms with van der Waals surface area (Å²) in [7, 11) is 0. The minimum Gasteiger partial charge on any atom is -0.458 e. The van der Waals surface area contributed by atoms with Gasteiger partial charge in [-0.25, -0.2) is 9.18 Å². The van der Waals surface area contributed by atoms with Gasteiger partial charge in [0.05, 0.1) is 18.1 Å². The van der Waals surface area contributed by atoms with E-state index in [1.165, 1.54) is 24.3 Å². The second-order valence-corrected chi connectivity index (χ2v) is 3.30. The Hall–Kier alpha value is -1.89. The third-order valence-electron chi connectivity index (χ3n) is 2.13. The van der Waals surface area contributed by atoms with Crippen LogP contribution in [0.2, 0.25) is 0 Å². The Labute approximate surface area is 93.5 Å². The summed E-state index contributed by atoms with van der Waals surface area (Å²) in [5.74, 6) is -0.928. The van der Waals surface area contributed by atoms with Crippen LogP contribution < -0.4 is 0 Å². The van der Waals surface area contributed by atoms with E-state index in [0.29, 0.717) is 6.42 Å². The normalized spacial score (nSPS) is 11.6. The molecule has 0 saturated heterocycles. The molecule has 1 aromatic rings. The van der Waals surface area contributed by atoms with Crippen LogP contribution in [0.4, 0.5) is 4.39 Å². The zero-order valence-electron chi connectivity index (χ0n) is 8.94. The second kappa shape index (κ2) is 5.86. The van der Waals surface area contributed by atoms with Crippen molar-refractivity contribution in [3.63, 3.8) is 0 Å². The first-order valence-corrected chi connectivity index (χ1v) is 5.01. The summed E-state index contributed by atoms with van der Waals surface area (Å²) in [6.07, 6.45) is 0.353. The van der Waals surface area contributed by atoms with E-state index in [-0.39, 0.29) is 12.0 Å². The van der Waals surface area contributed by atoms with Gasteiger partial charge in [0.1, 0.15) is 11.9 Å². The summed E-state index contributed by atoms with van der Waals surface area (Å²) in [4.78, 5) is 11.5. The first kappa shape index (κ1) is 12.2. The van der Waals surface area contributed by atoms with Crippen molar-refractivity contribution >= 4 is 5.97 Å². The van der Waals surface area contributed by atoms with Crippen molar-refractivity contribution in [1.82, 2.24) is 0 Å². The highest BCUT2D eigenvalue weighted by Gasteiger charge is 2.13. The molecule has 84 valence electrons. The molecule has 4 heteroatoms. The van der Waals surface area contributed by atoms with Crippen LogP contribution in [0.25, 0.3) is 0 Å². The largest absolute Gasteiger partial charge is 0.458 e. The van der Waals surface area contributed by atoms with Crippen LogP contribution in [0.1, 0.15) is 30.1 Å². The fraction of sp³-hybridized carbons (Fsp3) is 0.333. The molecular weight excluding hydrogens is 209 g/mol. The number of halogens is 1. The van der Waals surface area contributed by atoms with E-state index in [1.54, 1.807) is 0 Å². The van der Waals surface area contributed by atoms with Gasteiger partial charge in [-0.2, -0.15) is 5.26 Å². The molecule has 0 heterocycles. The lowest BCUT2D eigenvalue weighted by Gasteiger charge is -2.12. The van der Waals surface area contributed by atoms with Gasteiger partial charge >= 0.3 is 5.97 Å². The minimum atomic E-state index is -0.526. The number of carbonyl (C=O) groups is 1. The summed E-state index contributed by atoms with van der Waals surface area (Å²) in [6, 6.07) is 7.06. The number of hydrogen-bond donors (Lipinski definition) is 0. The molecule has 0 aliphatic rings. The van der Waals surface area contributed by atoms with Crippen LogP contribution in [0.3, 0.4) is 0 Å². The zero-order chi connectivity index (χ0) is 12.0. The average Bonchev–Trinajstić information content (AvgIpc) is 2.29. The second-order valence-electron chi connectivity index (χ2n) is 3.30. The Morgan fingerprint density at radius 3 is 2.62 bits per heavy atom. The molecule has 0 spiro atoms. The topological polar surface area (TPSA) is 50.1 Å². The predicted octanol–water partition coefficient (Wildman–Crippen LogP) is 2.67. The minimum absolute atomic E-state index is 0.170. The van der Waals surface area contributed by atoms with Gasteiger partial charge in [0.15, 0.2) is 0 Å². The van der Waals surface area contributed by atoms with Crippen molar-refractivity contribution in [1.29, 1.82) is 5.26 Å². The molecule has 0 N–H and O–H groups in total. The molecule has 3 nitrogen and oxygen atoms in total. The number of nitriles is 1. The molecular formula is C12H12FNO2. The van der Waals surface area contributed by atoms with E-state index < -0.39 is 17.9 Å². The van der Waals surface area contributed by atoms with Gasteiger partial charge in [-0.1, -0.05) is 6.92 Å². The van der Waals surface area contributed by atoms with Crippen LogP contribution in [0.15, 0.2) is 24.3 Å². The molecule has 1 unspecified atom stereocenters. The number of rotatable bonds is 4. The average molecular weight is 221 g/mol. The fourth-order valence-electron chi connectivity index (χ4n) is 1.18. The van der Waals surface area contributed by atoms with E-state index in [0.717, 1.165) is 0 Å². The first-order valence-electron chi connectivity index (χ1n) is 5.01. The Morgan fingerprint density at radius 2 is 2.12 bits per heavy atom. The fourth-order valence-corrected chi connectivity index (χ4v) is 1.18. The third-order valence-corrected chi connectivity index (χ3v) is 2.13. The third kappa shape index (κ3) is 3.35. The smallest absolute Gasteiger partial charge is 0.338 e. The van der Waals surface area contributed by atoms with Crippen LogP contribution in [-0.4, -0.2) is 12.1 Å². The SMILES string of the molecule is CCC(CC#N)OC(=O)c1ccc(F)cc1. The summed E-state index contributed by atoms with van der Waals surface area (Å²) in [6.45, 7) is 1.83. The molecule has 16 heavy (non-hydrogen) atoms. The number of hydrogen-bond acceptors (Lipinski definition) is 3. The van der Waals surface area contributed by atoms with Gasteiger partial charge in [0.2, 0.25) is 0 Å². The van der Waals surface area contributed by atoms with E-state index in [1.807, 2.05) is 13.0 Å².